The Bertz CT molecular complexity index is 97.2. The highest BCUT2D eigenvalue weighted by molar-refractivity contribution is 4.68. The van der Waals surface area contributed by atoms with Crippen LogP contribution in [0.25, 0.3) is 0 Å². The first-order valence-electron chi connectivity index (χ1n) is 5.54. The third-order valence-corrected chi connectivity index (χ3v) is 3.00. The molecule has 0 heterocycles. The van der Waals surface area contributed by atoms with Gasteiger partial charge in [0.25, 0.3) is 0 Å². The molecule has 1 rings (SSSR count). The molecule has 0 radical (unpaired) electrons. The van der Waals surface area contributed by atoms with E-state index >= 15 is 0 Å². The van der Waals surface area contributed by atoms with Crippen molar-refractivity contribution in [1.82, 2.24) is 0 Å². The van der Waals surface area contributed by atoms with Crippen LogP contribution in [-0.4, -0.2) is 11.7 Å². The quantitative estimate of drug-likeness (QED) is 0.582. The molecule has 1 N–H and O–H groups in total. The van der Waals surface area contributed by atoms with Crippen molar-refractivity contribution in [2.75, 3.05) is 6.61 Å². The third kappa shape index (κ3) is 4.10. The summed E-state index contributed by atoms with van der Waals surface area (Å²) in [5.41, 5.74) is 0. The van der Waals surface area contributed by atoms with Crippen LogP contribution in [0.3, 0.4) is 0 Å². The Morgan fingerprint density at radius 3 is 2.17 bits per heavy atom. The molecule has 0 saturated heterocycles. The maximum Gasteiger partial charge on any atom is 0.0431 e. The van der Waals surface area contributed by atoms with E-state index < -0.39 is 0 Å². The lowest BCUT2D eigenvalue weighted by Crippen LogP contribution is -2.10. The molecule has 0 spiro atoms. The molecular weight excluding hydrogens is 148 g/mol. The van der Waals surface area contributed by atoms with Crippen LogP contribution in [0.2, 0.25) is 0 Å². The Labute approximate surface area is 76.2 Å². The summed E-state index contributed by atoms with van der Waals surface area (Å²) < 4.78 is 0. The normalized spacial score (nSPS) is 17.8. The van der Waals surface area contributed by atoms with Gasteiger partial charge < -0.3 is 5.11 Å². The zero-order valence-electron chi connectivity index (χ0n) is 8.10. The Morgan fingerprint density at radius 2 is 1.58 bits per heavy atom. The molecule has 1 aliphatic rings. The molecular formula is C11H22O. The number of unbranched alkanes of at least 4 members (excludes halogenated alkanes) is 4. The van der Waals surface area contributed by atoms with Crippen LogP contribution in [0.15, 0.2) is 0 Å². The SMILES string of the molecule is OCCCCCCCC1CCC1. The summed E-state index contributed by atoms with van der Waals surface area (Å²) in [7, 11) is 0. The van der Waals surface area contributed by atoms with E-state index in [1.54, 1.807) is 0 Å². The van der Waals surface area contributed by atoms with E-state index in [0.29, 0.717) is 6.61 Å². The first kappa shape index (κ1) is 10.0. The molecule has 1 nitrogen and oxygen atoms in total. The van der Waals surface area contributed by atoms with E-state index in [1.165, 1.54) is 51.4 Å². The van der Waals surface area contributed by atoms with Gasteiger partial charge in [-0.05, 0) is 12.3 Å². The number of hydrogen-bond acceptors (Lipinski definition) is 1. The minimum absolute atomic E-state index is 0.378. The summed E-state index contributed by atoms with van der Waals surface area (Å²) in [6, 6.07) is 0. The highest BCUT2D eigenvalue weighted by atomic mass is 16.2. The second-order valence-electron chi connectivity index (χ2n) is 4.08. The van der Waals surface area contributed by atoms with E-state index in [-0.39, 0.29) is 0 Å². The van der Waals surface area contributed by atoms with Crippen molar-refractivity contribution in [3.05, 3.63) is 0 Å². The van der Waals surface area contributed by atoms with Gasteiger partial charge in [-0.2, -0.15) is 0 Å². The molecule has 0 aromatic carbocycles. The Kier molecular flexibility index (Phi) is 5.42. The first-order valence-corrected chi connectivity index (χ1v) is 5.54. The molecule has 0 aromatic rings. The van der Waals surface area contributed by atoms with Crippen LogP contribution in [0.5, 0.6) is 0 Å². The minimum Gasteiger partial charge on any atom is -0.396 e. The number of rotatable bonds is 7. The summed E-state index contributed by atoms with van der Waals surface area (Å²) in [4.78, 5) is 0. The van der Waals surface area contributed by atoms with Crippen molar-refractivity contribution >= 4 is 0 Å². The van der Waals surface area contributed by atoms with Crippen LogP contribution in [0, 0.1) is 5.92 Å². The van der Waals surface area contributed by atoms with E-state index in [4.69, 9.17) is 5.11 Å². The van der Waals surface area contributed by atoms with Crippen molar-refractivity contribution in [3.63, 3.8) is 0 Å². The highest BCUT2D eigenvalue weighted by Crippen LogP contribution is 2.31. The van der Waals surface area contributed by atoms with Crippen molar-refractivity contribution in [3.8, 4) is 0 Å². The molecule has 12 heavy (non-hydrogen) atoms. The van der Waals surface area contributed by atoms with Crippen LogP contribution >= 0.6 is 0 Å². The Hall–Kier alpha value is -0.0400. The molecule has 0 atom stereocenters. The lowest BCUT2D eigenvalue weighted by Gasteiger charge is -2.24. The van der Waals surface area contributed by atoms with Crippen molar-refractivity contribution in [1.29, 1.82) is 0 Å². The monoisotopic (exact) mass is 170 g/mol. The fraction of sp³-hybridized carbons (Fsp3) is 1.00. The summed E-state index contributed by atoms with van der Waals surface area (Å²) in [5.74, 6) is 1.09. The molecule has 72 valence electrons. The summed E-state index contributed by atoms with van der Waals surface area (Å²) in [5, 5.41) is 8.56. The third-order valence-electron chi connectivity index (χ3n) is 3.00. The molecule has 0 amide bonds. The second-order valence-corrected chi connectivity index (χ2v) is 4.08. The fourth-order valence-corrected chi connectivity index (χ4v) is 1.86. The lowest BCUT2D eigenvalue weighted by molar-refractivity contribution is 0.275. The van der Waals surface area contributed by atoms with Crippen molar-refractivity contribution in [2.24, 2.45) is 5.92 Å². The van der Waals surface area contributed by atoms with Gasteiger partial charge in [0.05, 0.1) is 0 Å². The second kappa shape index (κ2) is 6.47. The Balaban J connectivity index is 1.70. The molecule has 0 unspecified atom stereocenters. The number of hydrogen-bond donors (Lipinski definition) is 1. The average Bonchev–Trinajstić information content (AvgIpc) is 2.00. The van der Waals surface area contributed by atoms with E-state index in [9.17, 15) is 0 Å². The predicted octanol–water partition coefficient (Wildman–Crippen LogP) is 3.12. The van der Waals surface area contributed by atoms with Gasteiger partial charge in [0.2, 0.25) is 0 Å². The number of aliphatic hydroxyl groups excluding tert-OH is 1. The topological polar surface area (TPSA) is 20.2 Å². The van der Waals surface area contributed by atoms with Crippen LogP contribution in [-0.2, 0) is 0 Å². The minimum atomic E-state index is 0.378. The van der Waals surface area contributed by atoms with Crippen LogP contribution < -0.4 is 0 Å². The molecule has 1 aliphatic carbocycles. The summed E-state index contributed by atoms with van der Waals surface area (Å²) in [6.45, 7) is 0.378. The van der Waals surface area contributed by atoms with Gasteiger partial charge in [-0.3, -0.25) is 0 Å². The van der Waals surface area contributed by atoms with Gasteiger partial charge in [0.15, 0.2) is 0 Å². The van der Waals surface area contributed by atoms with Crippen LogP contribution in [0.1, 0.15) is 57.8 Å². The maximum absolute atomic E-state index is 8.56. The smallest absolute Gasteiger partial charge is 0.0431 e. The van der Waals surface area contributed by atoms with Crippen molar-refractivity contribution < 1.29 is 5.11 Å². The van der Waals surface area contributed by atoms with Crippen LogP contribution in [0.4, 0.5) is 0 Å². The van der Waals surface area contributed by atoms with Crippen molar-refractivity contribution in [2.45, 2.75) is 57.8 Å². The van der Waals surface area contributed by atoms with E-state index in [0.717, 1.165) is 12.3 Å². The van der Waals surface area contributed by atoms with Gasteiger partial charge in [-0.1, -0.05) is 51.4 Å². The predicted molar refractivity (Wildman–Crippen MR) is 52.1 cm³/mol. The highest BCUT2D eigenvalue weighted by Gasteiger charge is 2.15. The zero-order chi connectivity index (χ0) is 8.65. The molecule has 1 saturated carbocycles. The zero-order valence-corrected chi connectivity index (χ0v) is 8.10. The summed E-state index contributed by atoms with van der Waals surface area (Å²) in [6.07, 6.45) is 12.3. The van der Waals surface area contributed by atoms with Gasteiger partial charge in [-0.15, -0.1) is 0 Å². The molecule has 0 bridgehead atoms. The Morgan fingerprint density at radius 1 is 0.917 bits per heavy atom. The fourth-order valence-electron chi connectivity index (χ4n) is 1.86. The lowest BCUT2D eigenvalue weighted by atomic mass is 9.82. The number of aliphatic hydroxyl groups is 1. The first-order chi connectivity index (χ1) is 5.93. The molecule has 0 aromatic heterocycles. The largest absolute Gasteiger partial charge is 0.396 e. The maximum atomic E-state index is 8.56. The van der Waals surface area contributed by atoms with Gasteiger partial charge in [0, 0.05) is 6.61 Å². The van der Waals surface area contributed by atoms with Gasteiger partial charge in [-0.25, -0.2) is 0 Å². The van der Waals surface area contributed by atoms with E-state index in [2.05, 4.69) is 0 Å². The molecule has 1 heteroatoms. The van der Waals surface area contributed by atoms with Gasteiger partial charge in [0.1, 0.15) is 0 Å². The standard InChI is InChI=1S/C11H22O/c12-10-5-3-1-2-4-7-11-8-6-9-11/h11-12H,1-10H2. The average molecular weight is 170 g/mol. The molecule has 0 aliphatic heterocycles. The van der Waals surface area contributed by atoms with E-state index in [1.807, 2.05) is 0 Å². The summed E-state index contributed by atoms with van der Waals surface area (Å²) >= 11 is 0. The molecule has 1 fully saturated rings. The van der Waals surface area contributed by atoms with Gasteiger partial charge >= 0.3 is 0 Å².